The largest absolute Gasteiger partial charge is 0.494 e. The highest BCUT2D eigenvalue weighted by molar-refractivity contribution is 5.98. The molecule has 104 valence electrons. The third kappa shape index (κ3) is 3.82. The van der Waals surface area contributed by atoms with Crippen molar-refractivity contribution in [2.75, 3.05) is 6.61 Å². The number of hydrogen-bond donors (Lipinski definition) is 0. The molecule has 2 unspecified atom stereocenters. The van der Waals surface area contributed by atoms with Crippen LogP contribution in [0.15, 0.2) is 24.3 Å². The van der Waals surface area contributed by atoms with Gasteiger partial charge in [0.2, 0.25) is 0 Å². The predicted octanol–water partition coefficient (Wildman–Crippen LogP) is 4.48. The van der Waals surface area contributed by atoms with Gasteiger partial charge in [-0.25, -0.2) is 0 Å². The lowest BCUT2D eigenvalue weighted by Gasteiger charge is -2.25. The molecule has 0 aromatic heterocycles. The normalized spacial score (nSPS) is 23.1. The Morgan fingerprint density at radius 1 is 1.37 bits per heavy atom. The summed E-state index contributed by atoms with van der Waals surface area (Å²) in [6, 6.07) is 7.66. The topological polar surface area (TPSA) is 26.3 Å². The molecule has 0 aliphatic heterocycles. The van der Waals surface area contributed by atoms with Crippen LogP contribution in [0.4, 0.5) is 0 Å². The van der Waals surface area contributed by atoms with Crippen molar-refractivity contribution in [2.24, 2.45) is 11.8 Å². The maximum absolute atomic E-state index is 12.5. The van der Waals surface area contributed by atoms with E-state index in [-0.39, 0.29) is 5.92 Å². The van der Waals surface area contributed by atoms with E-state index in [4.69, 9.17) is 4.74 Å². The average molecular weight is 260 g/mol. The maximum atomic E-state index is 12.5. The molecule has 0 N–H and O–H groups in total. The molecule has 0 saturated heterocycles. The monoisotopic (exact) mass is 260 g/mol. The molecule has 1 aromatic rings. The standard InChI is InChI=1S/C17H24O2/c1-3-10-19-16-9-5-8-15(12-16)17(18)14-7-4-6-13(2)11-14/h5,8-9,12-14H,3-4,6-7,10-11H2,1-2H3. The molecule has 1 aliphatic rings. The SMILES string of the molecule is CCCOc1cccc(C(=O)C2CCCC(C)C2)c1. The molecular weight excluding hydrogens is 236 g/mol. The first kappa shape index (κ1) is 14.1. The van der Waals surface area contributed by atoms with Crippen molar-refractivity contribution >= 4 is 5.78 Å². The van der Waals surface area contributed by atoms with Gasteiger partial charge >= 0.3 is 0 Å². The zero-order valence-electron chi connectivity index (χ0n) is 12.0. The number of rotatable bonds is 5. The van der Waals surface area contributed by atoms with Crippen LogP contribution in [0.25, 0.3) is 0 Å². The molecule has 2 nitrogen and oxygen atoms in total. The van der Waals surface area contributed by atoms with Crippen LogP contribution in [0.3, 0.4) is 0 Å². The fourth-order valence-corrected chi connectivity index (χ4v) is 2.87. The van der Waals surface area contributed by atoms with Crippen molar-refractivity contribution in [3.63, 3.8) is 0 Å². The van der Waals surface area contributed by atoms with Crippen molar-refractivity contribution in [1.82, 2.24) is 0 Å². The molecule has 0 radical (unpaired) electrons. The number of Topliss-reactive ketones (excluding diaryl/α,β-unsaturated/α-hetero) is 1. The molecule has 0 amide bonds. The second-order valence-electron chi connectivity index (χ2n) is 5.71. The van der Waals surface area contributed by atoms with Crippen molar-refractivity contribution in [3.8, 4) is 5.75 Å². The van der Waals surface area contributed by atoms with Crippen molar-refractivity contribution < 1.29 is 9.53 Å². The molecule has 1 aliphatic carbocycles. The van der Waals surface area contributed by atoms with Crippen LogP contribution in [0.5, 0.6) is 5.75 Å². The molecule has 0 bridgehead atoms. The maximum Gasteiger partial charge on any atom is 0.166 e. The highest BCUT2D eigenvalue weighted by Gasteiger charge is 2.25. The van der Waals surface area contributed by atoms with Gasteiger partial charge < -0.3 is 4.74 Å². The van der Waals surface area contributed by atoms with Crippen molar-refractivity contribution in [2.45, 2.75) is 46.0 Å². The van der Waals surface area contributed by atoms with Gasteiger partial charge in [-0.1, -0.05) is 38.8 Å². The number of ketones is 1. The minimum Gasteiger partial charge on any atom is -0.494 e. The van der Waals surface area contributed by atoms with E-state index in [1.165, 1.54) is 12.8 Å². The highest BCUT2D eigenvalue weighted by Crippen LogP contribution is 2.31. The van der Waals surface area contributed by atoms with E-state index in [0.717, 1.165) is 30.6 Å². The lowest BCUT2D eigenvalue weighted by atomic mass is 9.79. The minimum atomic E-state index is 0.213. The first-order valence-electron chi connectivity index (χ1n) is 7.47. The van der Waals surface area contributed by atoms with Crippen molar-refractivity contribution in [3.05, 3.63) is 29.8 Å². The van der Waals surface area contributed by atoms with Crippen LogP contribution in [-0.2, 0) is 0 Å². The number of ether oxygens (including phenoxy) is 1. The molecule has 2 heteroatoms. The second kappa shape index (κ2) is 6.74. The van der Waals surface area contributed by atoms with Crippen molar-refractivity contribution in [1.29, 1.82) is 0 Å². The van der Waals surface area contributed by atoms with Crippen LogP contribution >= 0.6 is 0 Å². The molecule has 0 heterocycles. The summed E-state index contributed by atoms with van der Waals surface area (Å²) in [5.41, 5.74) is 0.813. The van der Waals surface area contributed by atoms with Gasteiger partial charge in [-0.3, -0.25) is 4.79 Å². The van der Waals surface area contributed by atoms with Gasteiger partial charge in [0.1, 0.15) is 5.75 Å². The summed E-state index contributed by atoms with van der Waals surface area (Å²) in [6.45, 7) is 5.04. The number of carbonyl (C=O) groups is 1. The van der Waals surface area contributed by atoms with Crippen LogP contribution in [0, 0.1) is 11.8 Å². The molecule has 1 aromatic carbocycles. The zero-order valence-corrected chi connectivity index (χ0v) is 12.0. The summed E-state index contributed by atoms with van der Waals surface area (Å²) < 4.78 is 5.60. The van der Waals surface area contributed by atoms with E-state index >= 15 is 0 Å². The summed E-state index contributed by atoms with van der Waals surface area (Å²) >= 11 is 0. The Bertz CT molecular complexity index is 425. The predicted molar refractivity (Wildman–Crippen MR) is 77.7 cm³/mol. The van der Waals surface area contributed by atoms with Gasteiger partial charge in [0.15, 0.2) is 5.78 Å². The van der Waals surface area contributed by atoms with Crippen LogP contribution in [-0.4, -0.2) is 12.4 Å². The van der Waals surface area contributed by atoms with Crippen LogP contribution in [0.2, 0.25) is 0 Å². The molecule has 2 atom stereocenters. The Hall–Kier alpha value is -1.31. The van der Waals surface area contributed by atoms with E-state index in [0.29, 0.717) is 18.3 Å². The van der Waals surface area contributed by atoms with Crippen LogP contribution in [0.1, 0.15) is 56.3 Å². The van der Waals surface area contributed by atoms with E-state index in [9.17, 15) is 4.79 Å². The van der Waals surface area contributed by atoms with Gasteiger partial charge in [-0.2, -0.15) is 0 Å². The third-order valence-electron chi connectivity index (χ3n) is 3.90. The summed E-state index contributed by atoms with van der Waals surface area (Å²) in [5, 5.41) is 0. The lowest BCUT2D eigenvalue weighted by molar-refractivity contribution is 0.0868. The summed E-state index contributed by atoms with van der Waals surface area (Å²) in [6.07, 6.45) is 5.52. The smallest absolute Gasteiger partial charge is 0.166 e. The van der Waals surface area contributed by atoms with E-state index < -0.39 is 0 Å². The van der Waals surface area contributed by atoms with Gasteiger partial charge in [0, 0.05) is 11.5 Å². The molecule has 19 heavy (non-hydrogen) atoms. The molecule has 1 saturated carbocycles. The molecule has 1 fully saturated rings. The van der Waals surface area contributed by atoms with Crippen LogP contribution < -0.4 is 4.74 Å². The quantitative estimate of drug-likeness (QED) is 0.729. The molecule has 0 spiro atoms. The zero-order chi connectivity index (χ0) is 13.7. The van der Waals surface area contributed by atoms with Gasteiger partial charge in [-0.15, -0.1) is 0 Å². The summed E-state index contributed by atoms with van der Waals surface area (Å²) in [4.78, 5) is 12.5. The summed E-state index contributed by atoms with van der Waals surface area (Å²) in [7, 11) is 0. The Morgan fingerprint density at radius 3 is 2.95 bits per heavy atom. The number of benzene rings is 1. The Balaban J connectivity index is 2.05. The van der Waals surface area contributed by atoms with E-state index in [1.54, 1.807) is 0 Å². The summed E-state index contributed by atoms with van der Waals surface area (Å²) in [5.74, 6) is 2.01. The minimum absolute atomic E-state index is 0.213. The fourth-order valence-electron chi connectivity index (χ4n) is 2.87. The molecular formula is C17H24O2. The highest BCUT2D eigenvalue weighted by atomic mass is 16.5. The number of hydrogen-bond acceptors (Lipinski definition) is 2. The Kier molecular flexibility index (Phi) is 5.00. The second-order valence-corrected chi connectivity index (χ2v) is 5.71. The fraction of sp³-hybridized carbons (Fsp3) is 0.588. The Morgan fingerprint density at radius 2 is 2.21 bits per heavy atom. The van der Waals surface area contributed by atoms with E-state index in [1.807, 2.05) is 24.3 Å². The lowest BCUT2D eigenvalue weighted by Crippen LogP contribution is -2.21. The average Bonchev–Trinajstić information content (AvgIpc) is 2.44. The number of carbonyl (C=O) groups excluding carboxylic acids is 1. The first-order chi connectivity index (χ1) is 9.20. The van der Waals surface area contributed by atoms with Gasteiger partial charge in [-0.05, 0) is 37.3 Å². The third-order valence-corrected chi connectivity index (χ3v) is 3.90. The van der Waals surface area contributed by atoms with E-state index in [2.05, 4.69) is 13.8 Å². The first-order valence-corrected chi connectivity index (χ1v) is 7.47. The van der Waals surface area contributed by atoms with Gasteiger partial charge in [0.25, 0.3) is 0 Å². The molecule has 2 rings (SSSR count). The van der Waals surface area contributed by atoms with Gasteiger partial charge in [0.05, 0.1) is 6.61 Å². The Labute approximate surface area is 116 Å².